The van der Waals surface area contributed by atoms with Gasteiger partial charge in [-0.25, -0.2) is 4.99 Å². The molecule has 0 heterocycles. The van der Waals surface area contributed by atoms with Gasteiger partial charge >= 0.3 is 0 Å². The minimum Gasteiger partial charge on any atom is -0.357 e. The zero-order valence-electron chi connectivity index (χ0n) is 12.1. The van der Waals surface area contributed by atoms with Crippen LogP contribution in [0.1, 0.15) is 12.5 Å². The molecule has 20 heavy (non-hydrogen) atoms. The van der Waals surface area contributed by atoms with Crippen LogP contribution in [-0.4, -0.2) is 44.0 Å². The number of carbonyl (C=O) groups excluding carboxylic acids is 1. The fourth-order valence-corrected chi connectivity index (χ4v) is 1.68. The molecule has 0 spiro atoms. The zero-order chi connectivity index (χ0) is 15.0. The van der Waals surface area contributed by atoms with E-state index in [4.69, 9.17) is 0 Å². The monoisotopic (exact) mass is 340 g/mol. The Morgan fingerprint density at radius 1 is 1.25 bits per heavy atom. The Kier molecular flexibility index (Phi) is 7.08. The molecule has 0 saturated heterocycles. The molecule has 0 radical (unpaired) electrons. The van der Waals surface area contributed by atoms with Crippen LogP contribution in [0.5, 0.6) is 0 Å². The Labute approximate surface area is 128 Å². The van der Waals surface area contributed by atoms with Crippen LogP contribution in [-0.2, 0) is 11.3 Å². The third-order valence-corrected chi connectivity index (χ3v) is 3.11. The fourth-order valence-electron chi connectivity index (χ4n) is 1.42. The van der Waals surface area contributed by atoms with Gasteiger partial charge in [0.15, 0.2) is 5.96 Å². The number of carbonyl (C=O) groups is 1. The normalized spacial score (nSPS) is 11.1. The van der Waals surface area contributed by atoms with Gasteiger partial charge in [-0.1, -0.05) is 28.1 Å². The minimum atomic E-state index is 0.0132. The first-order chi connectivity index (χ1) is 9.52. The SMILES string of the molecule is CCNC(=NCc1ccc(Br)cc1)NCC(=O)N(C)C. The van der Waals surface area contributed by atoms with Crippen molar-refractivity contribution in [1.82, 2.24) is 15.5 Å². The van der Waals surface area contributed by atoms with E-state index in [0.29, 0.717) is 12.5 Å². The number of aliphatic imine (C=N–C) groups is 1. The van der Waals surface area contributed by atoms with E-state index >= 15 is 0 Å². The average Bonchev–Trinajstić information content (AvgIpc) is 2.43. The highest BCUT2D eigenvalue weighted by Crippen LogP contribution is 2.10. The molecule has 5 nitrogen and oxygen atoms in total. The van der Waals surface area contributed by atoms with Crippen LogP contribution in [0, 0.1) is 0 Å². The molecule has 0 aromatic heterocycles. The van der Waals surface area contributed by atoms with Crippen molar-refractivity contribution in [1.29, 1.82) is 0 Å². The van der Waals surface area contributed by atoms with Gasteiger partial charge < -0.3 is 15.5 Å². The molecule has 1 amide bonds. The smallest absolute Gasteiger partial charge is 0.241 e. The van der Waals surface area contributed by atoms with Crippen molar-refractivity contribution in [2.75, 3.05) is 27.2 Å². The lowest BCUT2D eigenvalue weighted by Crippen LogP contribution is -2.42. The maximum atomic E-state index is 11.5. The van der Waals surface area contributed by atoms with E-state index in [1.807, 2.05) is 31.2 Å². The molecule has 2 N–H and O–H groups in total. The summed E-state index contributed by atoms with van der Waals surface area (Å²) in [7, 11) is 3.46. The van der Waals surface area contributed by atoms with Crippen molar-refractivity contribution >= 4 is 27.8 Å². The van der Waals surface area contributed by atoms with E-state index < -0.39 is 0 Å². The average molecular weight is 341 g/mol. The summed E-state index contributed by atoms with van der Waals surface area (Å²) in [5, 5.41) is 6.14. The van der Waals surface area contributed by atoms with Crippen molar-refractivity contribution < 1.29 is 4.79 Å². The number of likely N-dealkylation sites (N-methyl/N-ethyl adjacent to an activating group) is 1. The molecule has 0 unspecified atom stereocenters. The Balaban J connectivity index is 2.58. The van der Waals surface area contributed by atoms with Gasteiger partial charge in [-0.2, -0.15) is 0 Å². The molecule has 0 saturated carbocycles. The number of guanidine groups is 1. The van der Waals surface area contributed by atoms with Crippen LogP contribution in [0.4, 0.5) is 0 Å². The molecule has 0 aliphatic carbocycles. The van der Waals surface area contributed by atoms with Gasteiger partial charge in [-0.15, -0.1) is 0 Å². The zero-order valence-corrected chi connectivity index (χ0v) is 13.7. The highest BCUT2D eigenvalue weighted by Gasteiger charge is 2.05. The summed E-state index contributed by atoms with van der Waals surface area (Å²) in [6.45, 7) is 3.55. The number of benzene rings is 1. The lowest BCUT2D eigenvalue weighted by molar-refractivity contribution is -0.127. The van der Waals surface area contributed by atoms with E-state index in [-0.39, 0.29) is 12.5 Å². The third kappa shape index (κ3) is 6.06. The van der Waals surface area contributed by atoms with Crippen LogP contribution in [0.15, 0.2) is 33.7 Å². The van der Waals surface area contributed by atoms with E-state index in [2.05, 4.69) is 31.6 Å². The maximum absolute atomic E-state index is 11.5. The second kappa shape index (κ2) is 8.58. The minimum absolute atomic E-state index is 0.0132. The summed E-state index contributed by atoms with van der Waals surface area (Å²) in [5.74, 6) is 0.657. The van der Waals surface area contributed by atoms with Gasteiger partial charge in [0.05, 0.1) is 13.1 Å². The number of nitrogens with zero attached hydrogens (tertiary/aromatic N) is 2. The molecular weight excluding hydrogens is 320 g/mol. The van der Waals surface area contributed by atoms with Gasteiger partial charge in [0.1, 0.15) is 0 Å². The van der Waals surface area contributed by atoms with Crippen LogP contribution < -0.4 is 10.6 Å². The number of hydrogen-bond donors (Lipinski definition) is 2. The van der Waals surface area contributed by atoms with Crippen LogP contribution in [0.2, 0.25) is 0 Å². The number of hydrogen-bond acceptors (Lipinski definition) is 2. The Morgan fingerprint density at radius 3 is 2.45 bits per heavy atom. The summed E-state index contributed by atoms with van der Waals surface area (Å²) in [4.78, 5) is 17.5. The van der Waals surface area contributed by atoms with E-state index in [1.165, 1.54) is 0 Å². The Morgan fingerprint density at radius 2 is 1.90 bits per heavy atom. The number of nitrogens with one attached hydrogen (secondary N) is 2. The summed E-state index contributed by atoms with van der Waals surface area (Å²) in [6.07, 6.45) is 0. The topological polar surface area (TPSA) is 56.7 Å². The van der Waals surface area contributed by atoms with Gasteiger partial charge in [-0.3, -0.25) is 4.79 Å². The predicted molar refractivity (Wildman–Crippen MR) is 85.7 cm³/mol. The van der Waals surface area contributed by atoms with Crippen molar-refractivity contribution in [3.05, 3.63) is 34.3 Å². The summed E-state index contributed by atoms with van der Waals surface area (Å²) >= 11 is 3.40. The Bertz CT molecular complexity index is 457. The summed E-state index contributed by atoms with van der Waals surface area (Å²) in [5.41, 5.74) is 1.12. The second-order valence-corrected chi connectivity index (χ2v) is 5.38. The summed E-state index contributed by atoms with van der Waals surface area (Å²) < 4.78 is 1.05. The maximum Gasteiger partial charge on any atom is 0.241 e. The quantitative estimate of drug-likeness (QED) is 0.632. The van der Waals surface area contributed by atoms with Crippen molar-refractivity contribution in [2.45, 2.75) is 13.5 Å². The van der Waals surface area contributed by atoms with Gasteiger partial charge in [-0.05, 0) is 24.6 Å². The van der Waals surface area contributed by atoms with E-state index in [1.54, 1.807) is 19.0 Å². The third-order valence-electron chi connectivity index (χ3n) is 2.58. The first-order valence-corrected chi connectivity index (χ1v) is 7.29. The molecule has 110 valence electrons. The number of amides is 1. The predicted octanol–water partition coefficient (Wildman–Crippen LogP) is 1.59. The lowest BCUT2D eigenvalue weighted by Gasteiger charge is -2.14. The highest BCUT2D eigenvalue weighted by atomic mass is 79.9. The molecule has 6 heteroatoms. The lowest BCUT2D eigenvalue weighted by atomic mass is 10.2. The highest BCUT2D eigenvalue weighted by molar-refractivity contribution is 9.10. The molecule has 1 rings (SSSR count). The van der Waals surface area contributed by atoms with Gasteiger partial charge in [0.25, 0.3) is 0 Å². The van der Waals surface area contributed by atoms with Gasteiger partial charge in [0.2, 0.25) is 5.91 Å². The van der Waals surface area contributed by atoms with Gasteiger partial charge in [0, 0.05) is 25.1 Å². The molecule has 0 atom stereocenters. The number of rotatable bonds is 5. The Hall–Kier alpha value is -1.56. The second-order valence-electron chi connectivity index (χ2n) is 4.46. The van der Waals surface area contributed by atoms with E-state index in [9.17, 15) is 4.79 Å². The molecule has 1 aromatic rings. The largest absolute Gasteiger partial charge is 0.357 e. The van der Waals surface area contributed by atoms with Crippen LogP contribution >= 0.6 is 15.9 Å². The molecule has 0 bridgehead atoms. The summed E-state index contributed by atoms with van der Waals surface area (Å²) in [6, 6.07) is 8.01. The van der Waals surface area contributed by atoms with Crippen molar-refractivity contribution in [3.63, 3.8) is 0 Å². The molecular formula is C14H21BrN4O. The molecule has 0 aliphatic heterocycles. The van der Waals surface area contributed by atoms with E-state index in [0.717, 1.165) is 16.6 Å². The van der Waals surface area contributed by atoms with Crippen molar-refractivity contribution in [2.24, 2.45) is 4.99 Å². The van der Waals surface area contributed by atoms with Crippen LogP contribution in [0.25, 0.3) is 0 Å². The van der Waals surface area contributed by atoms with Crippen LogP contribution in [0.3, 0.4) is 0 Å². The van der Waals surface area contributed by atoms with Crippen molar-refractivity contribution in [3.8, 4) is 0 Å². The molecule has 1 aromatic carbocycles. The first kappa shape index (κ1) is 16.5. The first-order valence-electron chi connectivity index (χ1n) is 6.49. The molecule has 0 aliphatic rings. The number of halogens is 1. The fraction of sp³-hybridized carbons (Fsp3) is 0.429. The molecule has 0 fully saturated rings. The standard InChI is InChI=1S/C14H21BrN4O/c1-4-16-14(18-10-13(20)19(2)3)17-9-11-5-7-12(15)8-6-11/h5-8H,4,9-10H2,1-3H3,(H2,16,17,18).